The number of carbonyl (C=O) groups excluding carboxylic acids is 2. The molecule has 0 aliphatic heterocycles. The highest BCUT2D eigenvalue weighted by Gasteiger charge is 2.15. The lowest BCUT2D eigenvalue weighted by Gasteiger charge is -2.24. The molecule has 0 spiro atoms. The van der Waals surface area contributed by atoms with E-state index < -0.39 is 5.91 Å². The SMILES string of the molecule is CCN(Cc1ccccc1)C(=O)CN(C)CC(N)=O. The van der Waals surface area contributed by atoms with Crippen LogP contribution in [0.5, 0.6) is 0 Å². The first-order valence-electron chi connectivity index (χ1n) is 6.31. The number of hydrogen-bond donors (Lipinski definition) is 1. The Balaban J connectivity index is 2.54. The highest BCUT2D eigenvalue weighted by molar-refractivity contribution is 5.80. The molecule has 5 nitrogen and oxygen atoms in total. The van der Waals surface area contributed by atoms with Crippen molar-refractivity contribution in [3.05, 3.63) is 35.9 Å². The molecule has 0 saturated carbocycles. The van der Waals surface area contributed by atoms with Gasteiger partial charge in [0.1, 0.15) is 0 Å². The molecule has 1 rings (SSSR count). The molecule has 0 fully saturated rings. The molecule has 1 aromatic carbocycles. The Morgan fingerprint density at radius 1 is 1.16 bits per heavy atom. The highest BCUT2D eigenvalue weighted by Crippen LogP contribution is 2.04. The van der Waals surface area contributed by atoms with E-state index >= 15 is 0 Å². The van der Waals surface area contributed by atoms with Gasteiger partial charge in [-0.1, -0.05) is 30.3 Å². The van der Waals surface area contributed by atoms with Gasteiger partial charge in [0.25, 0.3) is 0 Å². The molecular weight excluding hydrogens is 242 g/mol. The van der Waals surface area contributed by atoms with E-state index in [1.54, 1.807) is 16.8 Å². The van der Waals surface area contributed by atoms with Gasteiger partial charge in [0.2, 0.25) is 11.8 Å². The van der Waals surface area contributed by atoms with Gasteiger partial charge in [-0.25, -0.2) is 0 Å². The van der Waals surface area contributed by atoms with Gasteiger partial charge in [-0.2, -0.15) is 0 Å². The van der Waals surface area contributed by atoms with Crippen LogP contribution in [-0.4, -0.2) is 48.3 Å². The van der Waals surface area contributed by atoms with Crippen LogP contribution >= 0.6 is 0 Å². The third-order valence-corrected chi connectivity index (χ3v) is 2.78. The zero-order chi connectivity index (χ0) is 14.3. The van der Waals surface area contributed by atoms with E-state index in [0.717, 1.165) is 5.56 Å². The van der Waals surface area contributed by atoms with Gasteiger partial charge in [-0.05, 0) is 19.5 Å². The minimum atomic E-state index is -0.429. The van der Waals surface area contributed by atoms with E-state index in [1.165, 1.54) is 0 Å². The second kappa shape index (κ2) is 7.53. The fourth-order valence-electron chi connectivity index (χ4n) is 1.83. The summed E-state index contributed by atoms with van der Waals surface area (Å²) < 4.78 is 0. The molecule has 0 aliphatic carbocycles. The molecule has 2 amide bonds. The lowest BCUT2D eigenvalue weighted by molar-refractivity contribution is -0.132. The number of likely N-dealkylation sites (N-methyl/N-ethyl adjacent to an activating group) is 2. The minimum absolute atomic E-state index is 0.00453. The fraction of sp³-hybridized carbons (Fsp3) is 0.429. The quantitative estimate of drug-likeness (QED) is 0.777. The summed E-state index contributed by atoms with van der Waals surface area (Å²) in [5.41, 5.74) is 6.19. The second-order valence-electron chi connectivity index (χ2n) is 4.53. The second-order valence-corrected chi connectivity index (χ2v) is 4.53. The molecule has 0 unspecified atom stereocenters. The predicted octanol–water partition coefficient (Wildman–Crippen LogP) is 0.452. The zero-order valence-electron chi connectivity index (χ0n) is 11.5. The number of benzene rings is 1. The number of amides is 2. The maximum Gasteiger partial charge on any atom is 0.237 e. The van der Waals surface area contributed by atoms with Crippen molar-refractivity contribution in [2.75, 3.05) is 26.7 Å². The van der Waals surface area contributed by atoms with Crippen LogP contribution in [-0.2, 0) is 16.1 Å². The summed E-state index contributed by atoms with van der Waals surface area (Å²) in [4.78, 5) is 26.3. The van der Waals surface area contributed by atoms with Crippen LogP contribution in [0.25, 0.3) is 0 Å². The van der Waals surface area contributed by atoms with E-state index in [-0.39, 0.29) is 19.0 Å². The van der Waals surface area contributed by atoms with Crippen LogP contribution in [0.1, 0.15) is 12.5 Å². The molecule has 0 aromatic heterocycles. The Morgan fingerprint density at radius 3 is 2.32 bits per heavy atom. The Kier molecular flexibility index (Phi) is 6.02. The molecule has 0 aliphatic rings. The van der Waals surface area contributed by atoms with Crippen LogP contribution < -0.4 is 5.73 Å². The van der Waals surface area contributed by atoms with E-state index in [4.69, 9.17) is 5.73 Å². The van der Waals surface area contributed by atoms with Crippen molar-refractivity contribution in [2.24, 2.45) is 5.73 Å². The predicted molar refractivity (Wildman–Crippen MR) is 74.2 cm³/mol. The minimum Gasteiger partial charge on any atom is -0.369 e. The molecule has 0 saturated heterocycles. The van der Waals surface area contributed by atoms with Crippen LogP contribution in [0.2, 0.25) is 0 Å². The summed E-state index contributed by atoms with van der Waals surface area (Å²) in [5, 5.41) is 0. The Labute approximate surface area is 114 Å². The van der Waals surface area contributed by atoms with Crippen molar-refractivity contribution in [2.45, 2.75) is 13.5 Å². The first kappa shape index (κ1) is 15.2. The largest absolute Gasteiger partial charge is 0.369 e. The van der Waals surface area contributed by atoms with Crippen molar-refractivity contribution >= 4 is 11.8 Å². The highest BCUT2D eigenvalue weighted by atomic mass is 16.2. The fourth-order valence-corrected chi connectivity index (χ4v) is 1.83. The van der Waals surface area contributed by atoms with Crippen molar-refractivity contribution in [3.8, 4) is 0 Å². The van der Waals surface area contributed by atoms with E-state index in [2.05, 4.69) is 0 Å². The topological polar surface area (TPSA) is 66.6 Å². The van der Waals surface area contributed by atoms with E-state index in [9.17, 15) is 9.59 Å². The average molecular weight is 263 g/mol. The van der Waals surface area contributed by atoms with Crippen LogP contribution in [0.15, 0.2) is 30.3 Å². The first-order valence-corrected chi connectivity index (χ1v) is 6.31. The summed E-state index contributed by atoms with van der Waals surface area (Å²) in [6, 6.07) is 9.83. The average Bonchev–Trinajstić information content (AvgIpc) is 2.35. The Hall–Kier alpha value is -1.88. The number of nitrogens with two attached hydrogens (primary N) is 1. The number of primary amides is 1. The van der Waals surface area contributed by atoms with E-state index in [1.807, 2.05) is 37.3 Å². The lowest BCUT2D eigenvalue weighted by atomic mass is 10.2. The molecule has 104 valence electrons. The number of rotatable bonds is 7. The van der Waals surface area contributed by atoms with Gasteiger partial charge >= 0.3 is 0 Å². The molecular formula is C14H21N3O2. The maximum absolute atomic E-state index is 12.1. The molecule has 1 aromatic rings. The third kappa shape index (κ3) is 5.52. The van der Waals surface area contributed by atoms with Crippen molar-refractivity contribution < 1.29 is 9.59 Å². The van der Waals surface area contributed by atoms with Crippen LogP contribution in [0.3, 0.4) is 0 Å². The first-order chi connectivity index (χ1) is 9.02. The Morgan fingerprint density at radius 2 is 1.79 bits per heavy atom. The van der Waals surface area contributed by atoms with Crippen LogP contribution in [0.4, 0.5) is 0 Å². The molecule has 2 N–H and O–H groups in total. The van der Waals surface area contributed by atoms with Gasteiger partial charge in [0, 0.05) is 13.1 Å². The summed E-state index contributed by atoms with van der Waals surface area (Å²) in [6.07, 6.45) is 0. The van der Waals surface area contributed by atoms with Crippen LogP contribution in [0, 0.1) is 0 Å². The van der Waals surface area contributed by atoms with Crippen molar-refractivity contribution in [1.29, 1.82) is 0 Å². The smallest absolute Gasteiger partial charge is 0.237 e. The molecule has 0 atom stereocenters. The van der Waals surface area contributed by atoms with Gasteiger partial charge in [0.15, 0.2) is 0 Å². The summed E-state index contributed by atoms with van der Waals surface area (Å²) in [7, 11) is 1.71. The number of hydrogen-bond acceptors (Lipinski definition) is 3. The van der Waals surface area contributed by atoms with Gasteiger partial charge < -0.3 is 10.6 Å². The lowest BCUT2D eigenvalue weighted by Crippen LogP contribution is -2.41. The molecule has 0 bridgehead atoms. The molecule has 0 heterocycles. The van der Waals surface area contributed by atoms with Gasteiger partial charge in [0.05, 0.1) is 13.1 Å². The summed E-state index contributed by atoms with van der Waals surface area (Å²) in [5.74, 6) is -0.434. The maximum atomic E-state index is 12.1. The van der Waals surface area contributed by atoms with Gasteiger partial charge in [-0.15, -0.1) is 0 Å². The van der Waals surface area contributed by atoms with Crippen molar-refractivity contribution in [3.63, 3.8) is 0 Å². The molecule has 5 heteroatoms. The normalized spacial score (nSPS) is 10.5. The Bertz CT molecular complexity index is 420. The van der Waals surface area contributed by atoms with Crippen molar-refractivity contribution in [1.82, 2.24) is 9.80 Å². The van der Waals surface area contributed by atoms with E-state index in [0.29, 0.717) is 13.1 Å². The zero-order valence-corrected chi connectivity index (χ0v) is 11.5. The monoisotopic (exact) mass is 263 g/mol. The number of carbonyl (C=O) groups is 2. The summed E-state index contributed by atoms with van der Waals surface area (Å²) in [6.45, 7) is 3.45. The standard InChI is InChI=1S/C14H21N3O2/c1-3-17(9-12-7-5-4-6-8-12)14(19)11-16(2)10-13(15)18/h4-8H,3,9-11H2,1-2H3,(H2,15,18). The molecule has 19 heavy (non-hydrogen) atoms. The third-order valence-electron chi connectivity index (χ3n) is 2.78. The van der Waals surface area contributed by atoms with Gasteiger partial charge in [-0.3, -0.25) is 14.5 Å². The molecule has 0 radical (unpaired) electrons. The number of nitrogens with zero attached hydrogens (tertiary/aromatic N) is 2. The summed E-state index contributed by atoms with van der Waals surface area (Å²) >= 11 is 0.